The monoisotopic (exact) mass is 370 g/mol. The second-order valence-corrected chi connectivity index (χ2v) is 7.79. The number of carbonyl (C=O) groups excluding carboxylic acids is 1. The summed E-state index contributed by atoms with van der Waals surface area (Å²) in [6.07, 6.45) is 6.31. The van der Waals surface area contributed by atoms with E-state index >= 15 is 0 Å². The van der Waals surface area contributed by atoms with E-state index < -0.39 is 0 Å². The third-order valence-corrected chi connectivity index (χ3v) is 6.01. The number of fused-ring (bicyclic) bond motifs is 1. The molecule has 0 radical (unpaired) electrons. The minimum Gasteiger partial charge on any atom is -0.351 e. The Balaban J connectivity index is 1.35. The molecule has 0 spiro atoms. The number of hydrogen-bond donors (Lipinski definition) is 1. The second-order valence-electron chi connectivity index (χ2n) is 7.04. The van der Waals surface area contributed by atoms with E-state index in [2.05, 4.69) is 31.1 Å². The lowest BCUT2D eigenvalue weighted by atomic mass is 9.80. The van der Waals surface area contributed by atoms with Crippen molar-refractivity contribution in [2.24, 2.45) is 5.92 Å². The number of amides is 1. The molecule has 0 bridgehead atoms. The Morgan fingerprint density at radius 3 is 2.85 bits per heavy atom. The molecule has 0 atom stereocenters. The number of rotatable bonds is 4. The van der Waals surface area contributed by atoms with E-state index in [1.54, 1.807) is 0 Å². The fourth-order valence-corrected chi connectivity index (χ4v) is 4.33. The van der Waals surface area contributed by atoms with Crippen LogP contribution < -0.4 is 5.32 Å². The number of nitrogens with zero attached hydrogens (tertiary/aromatic N) is 5. The lowest BCUT2D eigenvalue weighted by Crippen LogP contribution is -2.31. The molecular weight excluding hydrogens is 348 g/mol. The molecule has 1 aliphatic rings. The molecule has 1 saturated carbocycles. The van der Waals surface area contributed by atoms with E-state index in [-0.39, 0.29) is 5.91 Å². The molecule has 1 fully saturated rings. The molecule has 3 heterocycles. The van der Waals surface area contributed by atoms with E-state index in [9.17, 15) is 4.79 Å². The summed E-state index contributed by atoms with van der Waals surface area (Å²) in [5.74, 6) is 0.968. The zero-order chi connectivity index (χ0) is 18.1. The predicted molar refractivity (Wildman–Crippen MR) is 99.4 cm³/mol. The number of aryl methyl sites for hydroxylation is 2. The van der Waals surface area contributed by atoms with Gasteiger partial charge in [0.05, 0.1) is 11.4 Å². The molecule has 3 aromatic rings. The standard InChI is InChI=1S/C18H22N6OS/c1-11-9-16-19-8-7-15(24(16)22-11)14-5-3-13(4-6-14)10-20-18(25)17-12(2)21-23-26-17/h7-9,13-14H,3-6,10H2,1-2H3,(H,20,25). The Morgan fingerprint density at radius 2 is 2.12 bits per heavy atom. The molecular formula is C18H22N6OS. The van der Waals surface area contributed by atoms with Gasteiger partial charge in [0.25, 0.3) is 5.91 Å². The first-order chi connectivity index (χ1) is 12.6. The van der Waals surface area contributed by atoms with Crippen molar-refractivity contribution in [2.45, 2.75) is 45.4 Å². The van der Waals surface area contributed by atoms with Crippen LogP contribution in [-0.2, 0) is 0 Å². The normalized spacial score (nSPS) is 20.4. The number of nitrogens with one attached hydrogen (secondary N) is 1. The van der Waals surface area contributed by atoms with Crippen LogP contribution in [-0.4, -0.2) is 36.6 Å². The Bertz CT molecular complexity index is 925. The smallest absolute Gasteiger partial charge is 0.264 e. The molecule has 0 saturated heterocycles. The summed E-state index contributed by atoms with van der Waals surface area (Å²) in [6, 6.07) is 4.10. The molecule has 0 aliphatic heterocycles. The quantitative estimate of drug-likeness (QED) is 0.763. The maximum absolute atomic E-state index is 12.2. The van der Waals surface area contributed by atoms with Gasteiger partial charge in [-0.05, 0) is 63.0 Å². The second kappa shape index (κ2) is 7.11. The van der Waals surface area contributed by atoms with Gasteiger partial charge >= 0.3 is 0 Å². The molecule has 8 heteroatoms. The Morgan fingerprint density at radius 1 is 1.31 bits per heavy atom. The zero-order valence-corrected chi connectivity index (χ0v) is 15.8. The summed E-state index contributed by atoms with van der Waals surface area (Å²) < 4.78 is 5.81. The average Bonchev–Trinajstić information content (AvgIpc) is 3.24. The third-order valence-electron chi connectivity index (χ3n) is 5.18. The van der Waals surface area contributed by atoms with Crippen molar-refractivity contribution in [1.29, 1.82) is 0 Å². The first kappa shape index (κ1) is 17.1. The van der Waals surface area contributed by atoms with Crippen LogP contribution >= 0.6 is 11.5 Å². The number of hydrogen-bond acceptors (Lipinski definition) is 6. The van der Waals surface area contributed by atoms with Gasteiger partial charge in [0, 0.05) is 30.4 Å². The summed E-state index contributed by atoms with van der Waals surface area (Å²) in [5.41, 5.74) is 3.86. The van der Waals surface area contributed by atoms with Crippen LogP contribution in [0.5, 0.6) is 0 Å². The van der Waals surface area contributed by atoms with Gasteiger partial charge < -0.3 is 5.32 Å². The van der Waals surface area contributed by atoms with Gasteiger partial charge in [0.1, 0.15) is 4.88 Å². The van der Waals surface area contributed by atoms with Crippen molar-refractivity contribution in [3.05, 3.63) is 40.3 Å². The predicted octanol–water partition coefficient (Wildman–Crippen LogP) is 2.90. The van der Waals surface area contributed by atoms with Crippen LogP contribution in [0, 0.1) is 19.8 Å². The molecule has 1 amide bonds. The fraction of sp³-hybridized carbons (Fsp3) is 0.500. The molecule has 0 unspecified atom stereocenters. The molecule has 7 nitrogen and oxygen atoms in total. The minimum atomic E-state index is -0.0533. The summed E-state index contributed by atoms with van der Waals surface area (Å²) in [5, 5.41) is 11.5. The Hall–Kier alpha value is -2.35. The van der Waals surface area contributed by atoms with Gasteiger partial charge in [0.2, 0.25) is 0 Å². The maximum Gasteiger partial charge on any atom is 0.264 e. The van der Waals surface area contributed by atoms with Gasteiger partial charge in [-0.3, -0.25) is 4.79 Å². The number of carbonyl (C=O) groups is 1. The van der Waals surface area contributed by atoms with Crippen LogP contribution in [0.4, 0.5) is 0 Å². The van der Waals surface area contributed by atoms with Gasteiger partial charge in [-0.25, -0.2) is 9.50 Å². The Kier molecular flexibility index (Phi) is 4.67. The van der Waals surface area contributed by atoms with Crippen molar-refractivity contribution >= 4 is 23.1 Å². The molecule has 1 aliphatic carbocycles. The van der Waals surface area contributed by atoms with Gasteiger partial charge in [-0.15, -0.1) is 5.10 Å². The summed E-state index contributed by atoms with van der Waals surface area (Å²) in [4.78, 5) is 17.2. The van der Waals surface area contributed by atoms with Crippen molar-refractivity contribution in [1.82, 2.24) is 29.5 Å². The highest BCUT2D eigenvalue weighted by atomic mass is 32.1. The third kappa shape index (κ3) is 3.33. The van der Waals surface area contributed by atoms with E-state index in [1.165, 1.54) is 5.69 Å². The van der Waals surface area contributed by atoms with Gasteiger partial charge in [-0.1, -0.05) is 4.49 Å². The van der Waals surface area contributed by atoms with Crippen LogP contribution in [0.25, 0.3) is 5.65 Å². The van der Waals surface area contributed by atoms with Crippen molar-refractivity contribution in [3.63, 3.8) is 0 Å². The highest BCUT2D eigenvalue weighted by Crippen LogP contribution is 2.35. The number of aromatic nitrogens is 5. The Labute approximate surface area is 156 Å². The first-order valence-electron chi connectivity index (χ1n) is 9.00. The SMILES string of the molecule is Cc1cc2nccc(C3CCC(CNC(=O)c4snnc4C)CC3)n2n1. The van der Waals surface area contributed by atoms with E-state index in [0.29, 0.717) is 22.4 Å². The maximum atomic E-state index is 12.2. The molecule has 26 heavy (non-hydrogen) atoms. The molecule has 0 aromatic carbocycles. The topological polar surface area (TPSA) is 85.1 Å². The highest BCUT2D eigenvalue weighted by Gasteiger charge is 2.25. The van der Waals surface area contributed by atoms with Gasteiger partial charge in [-0.2, -0.15) is 5.10 Å². The largest absolute Gasteiger partial charge is 0.351 e. The lowest BCUT2D eigenvalue weighted by molar-refractivity contribution is 0.0946. The lowest BCUT2D eigenvalue weighted by Gasteiger charge is -2.28. The van der Waals surface area contributed by atoms with Gasteiger partial charge in [0.15, 0.2) is 5.65 Å². The van der Waals surface area contributed by atoms with E-state index in [0.717, 1.165) is 55.1 Å². The average molecular weight is 370 g/mol. The molecule has 4 rings (SSSR count). The van der Waals surface area contributed by atoms with Crippen molar-refractivity contribution in [3.8, 4) is 0 Å². The highest BCUT2D eigenvalue weighted by molar-refractivity contribution is 7.07. The molecule has 136 valence electrons. The van der Waals surface area contributed by atoms with E-state index in [4.69, 9.17) is 0 Å². The first-order valence-corrected chi connectivity index (χ1v) is 9.77. The minimum absolute atomic E-state index is 0.0533. The van der Waals surface area contributed by atoms with Crippen LogP contribution in [0.2, 0.25) is 0 Å². The van der Waals surface area contributed by atoms with Crippen LogP contribution in [0.15, 0.2) is 18.3 Å². The molecule has 3 aromatic heterocycles. The summed E-state index contributed by atoms with van der Waals surface area (Å²) in [7, 11) is 0. The molecule has 1 N–H and O–H groups in total. The van der Waals surface area contributed by atoms with E-state index in [1.807, 2.05) is 30.6 Å². The van der Waals surface area contributed by atoms with Crippen LogP contribution in [0.1, 0.15) is 58.4 Å². The summed E-state index contributed by atoms with van der Waals surface area (Å²) in [6.45, 7) is 4.53. The van der Waals surface area contributed by atoms with Crippen molar-refractivity contribution in [2.75, 3.05) is 6.54 Å². The summed E-state index contributed by atoms with van der Waals surface area (Å²) >= 11 is 1.16. The zero-order valence-electron chi connectivity index (χ0n) is 15.0. The van der Waals surface area contributed by atoms with Crippen LogP contribution in [0.3, 0.4) is 0 Å². The fourth-order valence-electron chi connectivity index (χ4n) is 3.76. The van der Waals surface area contributed by atoms with Crippen molar-refractivity contribution < 1.29 is 4.79 Å².